The number of pyridine rings is 1. The molecule has 0 spiro atoms. The molecular weight excluding hydrogens is 561 g/mol. The summed E-state index contributed by atoms with van der Waals surface area (Å²) in [6.45, 7) is 4.21. The van der Waals surface area contributed by atoms with Crippen LogP contribution in [0.1, 0.15) is 58.8 Å². The van der Waals surface area contributed by atoms with E-state index in [1.807, 2.05) is 0 Å². The van der Waals surface area contributed by atoms with Gasteiger partial charge in [-0.3, -0.25) is 4.79 Å². The number of urea groups is 1. The molecule has 1 aromatic heterocycles. The Kier molecular flexibility index (Phi) is 9.40. The van der Waals surface area contributed by atoms with Crippen molar-refractivity contribution in [2.75, 3.05) is 16.0 Å². The van der Waals surface area contributed by atoms with Crippen molar-refractivity contribution in [3.05, 3.63) is 41.3 Å². The standard InChI is InChI=1S/C27H35ClFN5O5S/c1-15(2)23(16-6-4-3-5-7-16)34-25-22(33-27(36)32-21-11-8-17(28)12-20(21)29)13-18(14-31-25)39-26(24(30)35)40(37,38)19-9-10-19/h8,11-16,19,23,26H,3-7,9-10H2,1-2H3,(H2,30,35)(H,31,34)(H2,32,33,36). The number of anilines is 3. The lowest BCUT2D eigenvalue weighted by Crippen LogP contribution is -2.42. The minimum absolute atomic E-state index is 0.0468. The molecule has 218 valence electrons. The fourth-order valence-electron chi connectivity index (χ4n) is 5.05. The molecule has 4 rings (SSSR count). The molecule has 2 fully saturated rings. The van der Waals surface area contributed by atoms with Crippen LogP contribution in [0.5, 0.6) is 5.75 Å². The largest absolute Gasteiger partial charge is 0.463 e. The first kappa shape index (κ1) is 29.9. The van der Waals surface area contributed by atoms with Crippen LogP contribution in [0, 0.1) is 17.7 Å². The van der Waals surface area contributed by atoms with E-state index in [1.54, 1.807) is 0 Å². The van der Waals surface area contributed by atoms with Crippen molar-refractivity contribution in [3.63, 3.8) is 0 Å². The average Bonchev–Trinajstić information content (AvgIpc) is 3.75. The van der Waals surface area contributed by atoms with Gasteiger partial charge in [0.25, 0.3) is 11.3 Å². The molecule has 0 aliphatic heterocycles. The highest BCUT2D eigenvalue weighted by atomic mass is 35.5. The molecule has 2 saturated carbocycles. The number of rotatable bonds is 11. The Morgan fingerprint density at radius 3 is 2.35 bits per heavy atom. The number of benzene rings is 1. The van der Waals surface area contributed by atoms with Gasteiger partial charge in [-0.25, -0.2) is 22.6 Å². The molecule has 40 heavy (non-hydrogen) atoms. The Morgan fingerprint density at radius 2 is 1.75 bits per heavy atom. The van der Waals surface area contributed by atoms with E-state index in [1.165, 1.54) is 30.8 Å². The summed E-state index contributed by atoms with van der Waals surface area (Å²) in [4.78, 5) is 29.4. The molecule has 2 atom stereocenters. The molecule has 5 N–H and O–H groups in total. The number of amides is 3. The molecule has 2 unspecified atom stereocenters. The van der Waals surface area contributed by atoms with Gasteiger partial charge in [0.2, 0.25) is 0 Å². The lowest BCUT2D eigenvalue weighted by Gasteiger charge is -2.34. The number of nitrogens with one attached hydrogen (secondary N) is 3. The van der Waals surface area contributed by atoms with E-state index >= 15 is 0 Å². The number of nitrogens with two attached hydrogens (primary N) is 1. The average molecular weight is 596 g/mol. The Balaban J connectivity index is 1.62. The number of sulfone groups is 1. The number of carbonyl (C=O) groups excluding carboxylic acids is 2. The van der Waals surface area contributed by atoms with Crippen LogP contribution in [0.4, 0.5) is 26.4 Å². The Hall–Kier alpha value is -3.12. The molecule has 0 saturated heterocycles. The van der Waals surface area contributed by atoms with Crippen LogP contribution in [-0.2, 0) is 14.6 Å². The number of carbonyl (C=O) groups is 2. The van der Waals surface area contributed by atoms with Crippen molar-refractivity contribution in [1.29, 1.82) is 0 Å². The van der Waals surface area contributed by atoms with E-state index in [9.17, 15) is 22.4 Å². The third kappa shape index (κ3) is 7.34. The van der Waals surface area contributed by atoms with E-state index in [-0.39, 0.29) is 34.1 Å². The summed E-state index contributed by atoms with van der Waals surface area (Å²) in [5.41, 5.74) is 3.54. The molecule has 2 aliphatic carbocycles. The number of aromatic nitrogens is 1. The van der Waals surface area contributed by atoms with Gasteiger partial charge < -0.3 is 26.4 Å². The van der Waals surface area contributed by atoms with Crippen LogP contribution in [0.2, 0.25) is 5.02 Å². The van der Waals surface area contributed by atoms with E-state index in [4.69, 9.17) is 22.1 Å². The predicted molar refractivity (Wildman–Crippen MR) is 153 cm³/mol. The number of hydrogen-bond donors (Lipinski definition) is 4. The van der Waals surface area contributed by atoms with E-state index < -0.39 is 38.3 Å². The molecule has 1 aromatic carbocycles. The third-order valence-electron chi connectivity index (χ3n) is 7.23. The van der Waals surface area contributed by atoms with Crippen molar-refractivity contribution < 1.29 is 27.1 Å². The fraction of sp³-hybridized carbons (Fsp3) is 0.519. The SMILES string of the molecule is CC(C)C(Nc1ncc(OC(C(N)=O)S(=O)(=O)C2CC2)cc1NC(=O)Nc1ccc(Cl)cc1F)C1CCCCC1. The Labute approximate surface area is 238 Å². The zero-order valence-electron chi connectivity index (χ0n) is 22.5. The zero-order chi connectivity index (χ0) is 29.0. The van der Waals surface area contributed by atoms with Crippen LogP contribution in [-0.4, -0.2) is 42.1 Å². The van der Waals surface area contributed by atoms with Gasteiger partial charge in [-0.15, -0.1) is 0 Å². The first-order valence-corrected chi connectivity index (χ1v) is 15.4. The first-order chi connectivity index (χ1) is 19.0. The van der Waals surface area contributed by atoms with Crippen LogP contribution in [0.15, 0.2) is 30.5 Å². The summed E-state index contributed by atoms with van der Waals surface area (Å²) in [5, 5.41) is 8.02. The summed E-state index contributed by atoms with van der Waals surface area (Å²) < 4.78 is 45.3. The summed E-state index contributed by atoms with van der Waals surface area (Å²) in [6.07, 6.45) is 7.75. The van der Waals surface area contributed by atoms with E-state index in [0.717, 1.165) is 31.7 Å². The second-order valence-electron chi connectivity index (χ2n) is 10.7. The van der Waals surface area contributed by atoms with Gasteiger partial charge in [0.05, 0.1) is 22.8 Å². The van der Waals surface area contributed by atoms with Gasteiger partial charge in [-0.2, -0.15) is 0 Å². The maximum absolute atomic E-state index is 14.3. The second kappa shape index (κ2) is 12.6. The van der Waals surface area contributed by atoms with Gasteiger partial charge in [-0.05, 0) is 55.7 Å². The van der Waals surface area contributed by atoms with Crippen LogP contribution in [0.3, 0.4) is 0 Å². The third-order valence-corrected chi connectivity index (χ3v) is 9.79. The molecule has 2 aromatic rings. The number of ether oxygens (including phenoxy) is 1. The quantitative estimate of drug-likeness (QED) is 0.275. The van der Waals surface area contributed by atoms with Gasteiger partial charge >= 0.3 is 6.03 Å². The summed E-state index contributed by atoms with van der Waals surface area (Å²) in [7, 11) is -3.96. The van der Waals surface area contributed by atoms with Gasteiger partial charge in [0.1, 0.15) is 17.4 Å². The fourth-order valence-corrected chi connectivity index (χ4v) is 6.92. The smallest absolute Gasteiger partial charge is 0.323 e. The Morgan fingerprint density at radius 1 is 1.07 bits per heavy atom. The highest BCUT2D eigenvalue weighted by Gasteiger charge is 2.45. The number of nitrogens with zero attached hydrogens (tertiary/aromatic N) is 1. The van der Waals surface area contributed by atoms with Crippen molar-refractivity contribution in [3.8, 4) is 5.75 Å². The minimum Gasteiger partial charge on any atom is -0.463 e. The van der Waals surface area contributed by atoms with Crippen molar-refractivity contribution in [1.82, 2.24) is 4.98 Å². The van der Waals surface area contributed by atoms with Gasteiger partial charge in [0, 0.05) is 17.1 Å². The number of hydrogen-bond acceptors (Lipinski definition) is 7. The first-order valence-electron chi connectivity index (χ1n) is 13.4. The topological polar surface area (TPSA) is 153 Å². The molecular formula is C27H35ClFN5O5S. The van der Waals surface area contributed by atoms with Crippen LogP contribution >= 0.6 is 11.6 Å². The normalized spacial score (nSPS) is 17.6. The summed E-state index contributed by atoms with van der Waals surface area (Å²) >= 11 is 5.80. The molecule has 13 heteroatoms. The maximum Gasteiger partial charge on any atom is 0.323 e. The molecule has 3 amide bonds. The lowest BCUT2D eigenvalue weighted by atomic mass is 9.79. The summed E-state index contributed by atoms with van der Waals surface area (Å²) in [6, 6.07) is 4.47. The number of halogens is 2. The summed E-state index contributed by atoms with van der Waals surface area (Å²) in [5.74, 6) is -0.970. The highest BCUT2D eigenvalue weighted by Crippen LogP contribution is 2.35. The molecule has 10 nitrogen and oxygen atoms in total. The zero-order valence-corrected chi connectivity index (χ0v) is 24.0. The monoisotopic (exact) mass is 595 g/mol. The molecule has 2 aliphatic rings. The van der Waals surface area contributed by atoms with Crippen molar-refractivity contribution in [2.24, 2.45) is 17.6 Å². The van der Waals surface area contributed by atoms with Crippen molar-refractivity contribution >= 4 is 50.6 Å². The highest BCUT2D eigenvalue weighted by molar-refractivity contribution is 7.93. The molecule has 0 radical (unpaired) electrons. The maximum atomic E-state index is 14.3. The van der Waals surface area contributed by atoms with E-state index in [2.05, 4.69) is 34.8 Å². The molecule has 1 heterocycles. The predicted octanol–water partition coefficient (Wildman–Crippen LogP) is 5.30. The van der Waals surface area contributed by atoms with Crippen molar-refractivity contribution in [2.45, 2.75) is 75.5 Å². The second-order valence-corrected chi connectivity index (χ2v) is 13.4. The molecule has 0 bridgehead atoms. The van der Waals surface area contributed by atoms with Gasteiger partial charge in [0.15, 0.2) is 9.84 Å². The Bertz CT molecular complexity index is 1350. The van der Waals surface area contributed by atoms with E-state index in [0.29, 0.717) is 24.6 Å². The van der Waals surface area contributed by atoms with Crippen LogP contribution in [0.25, 0.3) is 0 Å². The lowest BCUT2D eigenvalue weighted by molar-refractivity contribution is -0.121. The minimum atomic E-state index is -3.96. The van der Waals surface area contributed by atoms with Crippen LogP contribution < -0.4 is 26.4 Å². The number of primary amides is 1. The van der Waals surface area contributed by atoms with Gasteiger partial charge in [-0.1, -0.05) is 44.7 Å².